The van der Waals surface area contributed by atoms with Gasteiger partial charge in [-0.2, -0.15) is 0 Å². The molecule has 0 aliphatic rings. The molecule has 86 heavy (non-hydrogen) atoms. The highest BCUT2D eigenvalue weighted by Gasteiger charge is 2.22. The summed E-state index contributed by atoms with van der Waals surface area (Å²) in [4.78, 5) is 38.1. The van der Waals surface area contributed by atoms with Crippen molar-refractivity contribution in [3.05, 3.63) is 134 Å². The zero-order chi connectivity index (χ0) is 62.6. The first kappa shape index (κ1) is 82.1. The van der Waals surface area contributed by atoms with E-state index >= 15 is 0 Å². The van der Waals surface area contributed by atoms with Gasteiger partial charge in [-0.05, 0) is 116 Å². The van der Waals surface area contributed by atoms with Crippen molar-refractivity contribution in [1.82, 2.24) is 0 Å². The third kappa shape index (κ3) is 69.3. The topological polar surface area (TPSA) is 111 Å². The lowest BCUT2D eigenvalue weighted by atomic mass is 10.0. The van der Waals surface area contributed by atoms with Gasteiger partial charge in [0.15, 0.2) is 6.10 Å². The van der Waals surface area contributed by atoms with Crippen LogP contribution < -0.4 is 4.89 Å². The predicted molar refractivity (Wildman–Crippen MR) is 369 cm³/mol. The number of likely N-dealkylation sites (N-methyl/N-ethyl adjacent to an activating group) is 1. The Labute approximate surface area is 530 Å². The van der Waals surface area contributed by atoms with Gasteiger partial charge >= 0.3 is 11.9 Å². The SMILES string of the molecule is CC/C=C\C/C=C\C/C=C\C/C=C\C/C=C\C/C=C\C/C=C\C/C=C\CCCCCCCCCCCCCCC(=O)OC(COC(=O)CCCCCCCCCCCC/C=C\C/C=C\C/C=C\CCCCCCC)COP(=O)([O-])OCC[N+](C)(C)C. The highest BCUT2D eigenvalue weighted by atomic mass is 31.2. The molecule has 0 N–H and O–H groups in total. The van der Waals surface area contributed by atoms with Crippen LogP contribution in [0.5, 0.6) is 0 Å². The number of hydrogen-bond acceptors (Lipinski definition) is 8. The van der Waals surface area contributed by atoms with Crippen molar-refractivity contribution in [2.24, 2.45) is 0 Å². The summed E-state index contributed by atoms with van der Waals surface area (Å²) < 4.78 is 34.3. The van der Waals surface area contributed by atoms with Gasteiger partial charge in [0.2, 0.25) is 0 Å². The van der Waals surface area contributed by atoms with E-state index in [0.29, 0.717) is 17.4 Å². The number of allylic oxidation sites excluding steroid dienone is 22. The van der Waals surface area contributed by atoms with Crippen LogP contribution in [0.25, 0.3) is 0 Å². The van der Waals surface area contributed by atoms with Crippen molar-refractivity contribution < 1.29 is 42.1 Å². The van der Waals surface area contributed by atoms with E-state index in [4.69, 9.17) is 18.5 Å². The summed E-state index contributed by atoms with van der Waals surface area (Å²) in [6, 6.07) is 0. The van der Waals surface area contributed by atoms with E-state index in [-0.39, 0.29) is 32.0 Å². The van der Waals surface area contributed by atoms with E-state index < -0.39 is 26.5 Å². The third-order valence-electron chi connectivity index (χ3n) is 14.7. The number of unbranched alkanes of at least 4 members (excludes halogenated alkanes) is 27. The molecular weight excluding hydrogens is 1090 g/mol. The van der Waals surface area contributed by atoms with Crippen molar-refractivity contribution in [3.63, 3.8) is 0 Å². The number of rotatable bonds is 63. The summed E-state index contributed by atoms with van der Waals surface area (Å²) in [5.41, 5.74) is 0. The first-order valence-electron chi connectivity index (χ1n) is 34.9. The second-order valence-corrected chi connectivity index (χ2v) is 25.6. The normalized spacial score (nSPS) is 14.0. The molecular formula is C76H130NO8P. The van der Waals surface area contributed by atoms with Crippen LogP contribution in [0.1, 0.15) is 284 Å². The molecule has 0 bridgehead atoms. The van der Waals surface area contributed by atoms with Crippen LogP contribution in [0, 0.1) is 0 Å². The molecule has 10 heteroatoms. The molecule has 0 spiro atoms. The van der Waals surface area contributed by atoms with Crippen molar-refractivity contribution >= 4 is 19.8 Å². The van der Waals surface area contributed by atoms with Gasteiger partial charge in [0.1, 0.15) is 19.8 Å². The fourth-order valence-corrected chi connectivity index (χ4v) is 10.1. The average Bonchev–Trinajstić information content (AvgIpc) is 3.67. The average molecular weight is 1220 g/mol. The van der Waals surface area contributed by atoms with Crippen molar-refractivity contribution in [1.29, 1.82) is 0 Å². The third-order valence-corrected chi connectivity index (χ3v) is 15.6. The van der Waals surface area contributed by atoms with Crippen LogP contribution in [0.4, 0.5) is 0 Å². The van der Waals surface area contributed by atoms with E-state index in [1.54, 1.807) is 0 Å². The summed E-state index contributed by atoms with van der Waals surface area (Å²) in [7, 11) is 1.15. The molecule has 0 aromatic carbocycles. The van der Waals surface area contributed by atoms with Crippen LogP contribution in [0.2, 0.25) is 0 Å². The van der Waals surface area contributed by atoms with Gasteiger partial charge in [-0.25, -0.2) is 0 Å². The first-order chi connectivity index (χ1) is 42.0. The van der Waals surface area contributed by atoms with Gasteiger partial charge in [0, 0.05) is 12.8 Å². The van der Waals surface area contributed by atoms with Gasteiger partial charge in [-0.15, -0.1) is 0 Å². The number of phosphoric ester groups is 1. The molecule has 0 fully saturated rings. The summed E-state index contributed by atoms with van der Waals surface area (Å²) in [6.07, 6.45) is 95.2. The second-order valence-electron chi connectivity index (χ2n) is 24.2. The molecule has 0 aromatic heterocycles. The molecule has 2 atom stereocenters. The van der Waals surface area contributed by atoms with Crippen LogP contribution >= 0.6 is 7.82 Å². The van der Waals surface area contributed by atoms with Gasteiger partial charge in [0.05, 0.1) is 27.7 Å². The van der Waals surface area contributed by atoms with Crippen LogP contribution in [-0.2, 0) is 32.7 Å². The van der Waals surface area contributed by atoms with Gasteiger partial charge in [-0.3, -0.25) is 14.2 Å². The van der Waals surface area contributed by atoms with E-state index in [1.165, 1.54) is 128 Å². The number of carbonyl (C=O) groups excluding carboxylic acids is 2. The quantitative estimate of drug-likeness (QED) is 0.0195. The fraction of sp³-hybridized carbons (Fsp3) is 0.684. The van der Waals surface area contributed by atoms with Crippen molar-refractivity contribution in [2.75, 3.05) is 47.5 Å². The molecule has 0 radical (unpaired) electrons. The number of esters is 2. The molecule has 0 aromatic rings. The summed E-state index contributed by atoms with van der Waals surface area (Å²) in [6.45, 7) is 4.12. The second kappa shape index (κ2) is 65.6. The lowest BCUT2D eigenvalue weighted by Gasteiger charge is -2.28. The number of phosphoric acid groups is 1. The Balaban J connectivity index is 4.10. The lowest BCUT2D eigenvalue weighted by molar-refractivity contribution is -0.870. The molecule has 0 saturated heterocycles. The molecule has 2 unspecified atom stereocenters. The predicted octanol–water partition coefficient (Wildman–Crippen LogP) is 22.2. The highest BCUT2D eigenvalue weighted by molar-refractivity contribution is 7.45. The standard InChI is InChI=1S/C76H130NO8P/c1-6-8-10-12-14-16-18-20-22-24-26-28-30-32-33-34-35-36-37-38-39-40-41-42-43-45-47-49-51-53-55-57-59-61-63-65-67-69-76(79)85-74(73-84-86(80,81)83-71-70-77(3,4)5)72-82-75(78)68-66-64-62-60-58-56-54-52-50-48-46-44-31-29-27-25-23-21-19-17-15-13-11-9-7-2/h8,10,14,16,19-22,25-28,31-33,35-36,38-39,41-42,44,74H,6-7,9,11-13,15,17-18,23-24,29-30,34,37,40,43,45-73H2,1-5H3/b10-8-,16-14-,21-19-,22-20-,27-25-,28-26-,33-32-,36-35-,39-38-,42-41-,44-31-. The maximum absolute atomic E-state index is 12.9. The number of quaternary nitrogens is 1. The zero-order valence-electron chi connectivity index (χ0n) is 56.0. The summed E-state index contributed by atoms with van der Waals surface area (Å²) in [5, 5.41) is 0. The molecule has 0 saturated carbocycles. The van der Waals surface area contributed by atoms with Crippen LogP contribution in [0.3, 0.4) is 0 Å². The minimum Gasteiger partial charge on any atom is -0.756 e. The smallest absolute Gasteiger partial charge is 0.306 e. The Hall–Kier alpha value is -3.85. The number of nitrogens with zero attached hydrogens (tertiary/aromatic N) is 1. The molecule has 0 aliphatic heterocycles. The summed E-state index contributed by atoms with van der Waals surface area (Å²) in [5.74, 6) is -0.841. The Morgan fingerprint density at radius 2 is 0.663 bits per heavy atom. The molecule has 0 heterocycles. The maximum atomic E-state index is 12.9. The van der Waals surface area contributed by atoms with Crippen molar-refractivity contribution in [2.45, 2.75) is 290 Å². The monoisotopic (exact) mass is 1220 g/mol. The fourth-order valence-electron chi connectivity index (χ4n) is 9.33. The van der Waals surface area contributed by atoms with E-state index in [2.05, 4.69) is 148 Å². The van der Waals surface area contributed by atoms with Gasteiger partial charge < -0.3 is 27.9 Å². The molecule has 9 nitrogen and oxygen atoms in total. The molecule has 492 valence electrons. The summed E-state index contributed by atoms with van der Waals surface area (Å²) >= 11 is 0. The lowest BCUT2D eigenvalue weighted by Crippen LogP contribution is -2.37. The van der Waals surface area contributed by atoms with Crippen molar-refractivity contribution in [3.8, 4) is 0 Å². The minimum atomic E-state index is -4.65. The first-order valence-corrected chi connectivity index (χ1v) is 36.4. The Bertz CT molecular complexity index is 1910. The number of hydrogen-bond donors (Lipinski definition) is 0. The minimum absolute atomic E-state index is 0.0373. The molecule has 0 amide bonds. The van der Waals surface area contributed by atoms with Gasteiger partial charge in [0.25, 0.3) is 7.82 Å². The molecule has 0 aliphatic carbocycles. The highest BCUT2D eigenvalue weighted by Crippen LogP contribution is 2.38. The number of carbonyl (C=O) groups is 2. The largest absolute Gasteiger partial charge is 0.756 e. The number of ether oxygens (including phenoxy) is 2. The van der Waals surface area contributed by atoms with Gasteiger partial charge in [-0.1, -0.05) is 289 Å². The zero-order valence-corrected chi connectivity index (χ0v) is 56.9. The Kier molecular flexibility index (Phi) is 62.7. The maximum Gasteiger partial charge on any atom is 0.306 e. The van der Waals surface area contributed by atoms with E-state index in [1.807, 2.05) is 21.1 Å². The molecule has 0 rings (SSSR count). The van der Waals surface area contributed by atoms with E-state index in [0.717, 1.165) is 122 Å². The van der Waals surface area contributed by atoms with E-state index in [9.17, 15) is 19.0 Å². The van der Waals surface area contributed by atoms with Crippen LogP contribution in [-0.4, -0.2) is 70.0 Å². The Morgan fingerprint density at radius 1 is 0.372 bits per heavy atom. The Morgan fingerprint density at radius 3 is 0.988 bits per heavy atom. The van der Waals surface area contributed by atoms with Crippen LogP contribution in [0.15, 0.2) is 134 Å².